The number of fused-ring (bicyclic) bond motifs is 3. The number of Topliss-reactive ketones (excluding diaryl/α,β-unsaturated/α-hetero) is 1. The molecule has 0 aliphatic carbocycles. The molecule has 0 amide bonds. The first-order valence-electron chi connectivity index (χ1n) is 12.8. The van der Waals surface area contributed by atoms with Gasteiger partial charge in [0.2, 0.25) is 5.78 Å². The molecule has 0 radical (unpaired) electrons. The maximum atomic E-state index is 13.1. The Balaban J connectivity index is 1.27. The molecule has 0 fully saturated rings. The van der Waals surface area contributed by atoms with Crippen molar-refractivity contribution >= 4 is 17.8 Å². The minimum atomic E-state index is -0.413. The van der Waals surface area contributed by atoms with Crippen LogP contribution in [0.4, 0.5) is 0 Å². The summed E-state index contributed by atoms with van der Waals surface area (Å²) < 4.78 is 33.9. The molecule has 4 aromatic rings. The summed E-state index contributed by atoms with van der Waals surface area (Å²) in [4.78, 5) is 25.7. The maximum Gasteiger partial charge on any atom is 0.312 e. The number of hydrogen-bond donors (Lipinski definition) is 0. The Bertz CT molecular complexity index is 1600. The van der Waals surface area contributed by atoms with Gasteiger partial charge < -0.3 is 28.1 Å². The minimum Gasteiger partial charge on any atom is -0.497 e. The molecule has 8 nitrogen and oxygen atoms in total. The van der Waals surface area contributed by atoms with E-state index in [1.807, 2.05) is 42.5 Å². The van der Waals surface area contributed by atoms with E-state index in [-0.39, 0.29) is 23.9 Å². The van der Waals surface area contributed by atoms with Gasteiger partial charge in [-0.05, 0) is 59.7 Å². The van der Waals surface area contributed by atoms with Crippen LogP contribution in [0.5, 0.6) is 28.7 Å². The molecule has 0 N–H and O–H groups in total. The Kier molecular flexibility index (Phi) is 6.74. The fraction of sp³-hybridized carbons (Fsp3) is 0.188. The van der Waals surface area contributed by atoms with E-state index in [1.54, 1.807) is 44.6 Å². The van der Waals surface area contributed by atoms with Gasteiger partial charge in [0.15, 0.2) is 17.3 Å². The van der Waals surface area contributed by atoms with Crippen molar-refractivity contribution in [3.05, 3.63) is 107 Å². The van der Waals surface area contributed by atoms with Crippen molar-refractivity contribution in [2.24, 2.45) is 0 Å². The number of carbonyl (C=O) groups excluding carboxylic acids is 2. The molecule has 8 heteroatoms. The maximum absolute atomic E-state index is 13.1. The van der Waals surface area contributed by atoms with Crippen LogP contribution in [0.1, 0.15) is 45.1 Å². The molecule has 1 aromatic heterocycles. The topological polar surface area (TPSA) is 93.4 Å². The highest BCUT2D eigenvalue weighted by molar-refractivity contribution is 6.15. The molecule has 6 rings (SSSR count). The summed E-state index contributed by atoms with van der Waals surface area (Å²) in [5.41, 5.74) is 2.98. The van der Waals surface area contributed by atoms with Crippen molar-refractivity contribution in [1.29, 1.82) is 0 Å². The van der Waals surface area contributed by atoms with Crippen molar-refractivity contribution in [3.63, 3.8) is 0 Å². The highest BCUT2D eigenvalue weighted by Gasteiger charge is 2.38. The number of hydrogen-bond acceptors (Lipinski definition) is 8. The quantitative estimate of drug-likeness (QED) is 0.154. The first-order valence-corrected chi connectivity index (χ1v) is 12.8. The monoisotopic (exact) mass is 538 g/mol. The Hall–Kier alpha value is -4.98. The molecule has 0 saturated heterocycles. The Morgan fingerprint density at radius 2 is 1.77 bits per heavy atom. The third-order valence-corrected chi connectivity index (χ3v) is 6.99. The van der Waals surface area contributed by atoms with Gasteiger partial charge in [0, 0.05) is 24.0 Å². The summed E-state index contributed by atoms with van der Waals surface area (Å²) in [6.07, 6.45) is 3.87. The SMILES string of the molecule is COc1ccc(CCOc2ccc([C@H]3CC(=O)Oc4ccc5c(c43)O/C(=C\c3ccco3)C5=O)cc2OC)cc1. The van der Waals surface area contributed by atoms with E-state index in [1.165, 1.54) is 6.26 Å². The summed E-state index contributed by atoms with van der Waals surface area (Å²) >= 11 is 0. The fourth-order valence-electron chi connectivity index (χ4n) is 4.98. The number of ether oxygens (including phenoxy) is 5. The van der Waals surface area contributed by atoms with Gasteiger partial charge in [0.05, 0.1) is 39.1 Å². The molecule has 2 aliphatic heterocycles. The van der Waals surface area contributed by atoms with Crippen LogP contribution in [-0.2, 0) is 11.2 Å². The van der Waals surface area contributed by atoms with Crippen molar-refractivity contribution in [2.75, 3.05) is 20.8 Å². The lowest BCUT2D eigenvalue weighted by molar-refractivity contribution is -0.135. The second kappa shape index (κ2) is 10.6. The van der Waals surface area contributed by atoms with Gasteiger partial charge >= 0.3 is 5.97 Å². The number of carbonyl (C=O) groups is 2. The Labute approximate surface area is 230 Å². The molecule has 3 heterocycles. The van der Waals surface area contributed by atoms with E-state index in [9.17, 15) is 9.59 Å². The predicted octanol–water partition coefficient (Wildman–Crippen LogP) is 5.98. The lowest BCUT2D eigenvalue weighted by Gasteiger charge is -2.26. The molecular weight excluding hydrogens is 512 g/mol. The summed E-state index contributed by atoms with van der Waals surface area (Å²) in [5, 5.41) is 0. The summed E-state index contributed by atoms with van der Waals surface area (Å²) in [6.45, 7) is 0.453. The van der Waals surface area contributed by atoms with Crippen molar-refractivity contribution in [3.8, 4) is 28.7 Å². The van der Waals surface area contributed by atoms with Crippen LogP contribution in [0.25, 0.3) is 6.08 Å². The highest BCUT2D eigenvalue weighted by atomic mass is 16.5. The third-order valence-electron chi connectivity index (χ3n) is 6.99. The van der Waals surface area contributed by atoms with Gasteiger partial charge in [0.1, 0.15) is 23.0 Å². The van der Waals surface area contributed by atoms with Crippen LogP contribution in [-0.4, -0.2) is 32.6 Å². The van der Waals surface area contributed by atoms with Crippen LogP contribution in [0.2, 0.25) is 0 Å². The van der Waals surface area contributed by atoms with Gasteiger partial charge in [0.25, 0.3) is 0 Å². The van der Waals surface area contributed by atoms with E-state index in [2.05, 4.69) is 0 Å². The van der Waals surface area contributed by atoms with Gasteiger partial charge in [-0.15, -0.1) is 0 Å². The second-order valence-corrected chi connectivity index (χ2v) is 9.40. The third kappa shape index (κ3) is 4.80. The van der Waals surface area contributed by atoms with E-state index < -0.39 is 5.92 Å². The zero-order chi connectivity index (χ0) is 27.6. The molecule has 3 aromatic carbocycles. The molecule has 202 valence electrons. The summed E-state index contributed by atoms with van der Waals surface area (Å²) in [6, 6.07) is 20.2. The number of furan rings is 1. The van der Waals surface area contributed by atoms with Gasteiger partial charge in [-0.25, -0.2) is 0 Å². The van der Waals surface area contributed by atoms with Crippen LogP contribution in [0.15, 0.2) is 83.2 Å². The molecule has 0 bridgehead atoms. The Morgan fingerprint density at radius 1 is 0.925 bits per heavy atom. The summed E-state index contributed by atoms with van der Waals surface area (Å²) in [5.74, 6) is 2.29. The number of benzene rings is 3. The van der Waals surface area contributed by atoms with Gasteiger partial charge in [-0.1, -0.05) is 18.2 Å². The van der Waals surface area contributed by atoms with Gasteiger partial charge in [-0.3, -0.25) is 9.59 Å². The minimum absolute atomic E-state index is 0.0824. The van der Waals surface area contributed by atoms with E-state index in [4.69, 9.17) is 28.1 Å². The lowest BCUT2D eigenvalue weighted by Crippen LogP contribution is -2.21. The standard InChI is InChI=1S/C32H26O8/c1-35-21-8-5-19(6-9-21)13-15-38-25-11-7-20(16-27(25)36-2)24-18-29(33)39-26-12-10-23-31(34)28(40-32(23)30(24)26)17-22-4-3-14-37-22/h3-12,14,16-17,24H,13,15,18H2,1-2H3/b28-17-/t24-/m1/s1. The molecule has 0 saturated carbocycles. The zero-order valence-corrected chi connectivity index (χ0v) is 22.0. The number of methoxy groups -OCH3 is 2. The number of allylic oxidation sites excluding steroid dienone is 1. The molecule has 2 aliphatic rings. The first kappa shape index (κ1) is 25.3. The van der Waals surface area contributed by atoms with Crippen molar-refractivity contribution in [2.45, 2.75) is 18.8 Å². The zero-order valence-electron chi connectivity index (χ0n) is 22.0. The van der Waals surface area contributed by atoms with Gasteiger partial charge in [-0.2, -0.15) is 0 Å². The average molecular weight is 539 g/mol. The van der Waals surface area contributed by atoms with Crippen LogP contribution in [0.3, 0.4) is 0 Å². The van der Waals surface area contributed by atoms with Crippen molar-refractivity contribution in [1.82, 2.24) is 0 Å². The van der Waals surface area contributed by atoms with E-state index in [0.29, 0.717) is 52.9 Å². The summed E-state index contributed by atoms with van der Waals surface area (Å²) in [7, 11) is 3.21. The number of rotatable bonds is 8. The van der Waals surface area contributed by atoms with Crippen LogP contribution < -0.4 is 23.7 Å². The normalized spacial score (nSPS) is 16.6. The molecule has 0 spiro atoms. The fourth-order valence-corrected chi connectivity index (χ4v) is 4.98. The van der Waals surface area contributed by atoms with Crippen molar-refractivity contribution < 1.29 is 37.7 Å². The van der Waals surface area contributed by atoms with E-state index >= 15 is 0 Å². The van der Waals surface area contributed by atoms with E-state index in [0.717, 1.165) is 16.9 Å². The van der Waals surface area contributed by atoms with Crippen LogP contribution in [0, 0.1) is 0 Å². The number of ketones is 1. The van der Waals surface area contributed by atoms with Crippen LogP contribution >= 0.6 is 0 Å². The average Bonchev–Trinajstić information content (AvgIpc) is 3.60. The molecule has 1 atom stereocenters. The Morgan fingerprint density at radius 3 is 2.52 bits per heavy atom. The largest absolute Gasteiger partial charge is 0.497 e. The first-order chi connectivity index (χ1) is 19.5. The smallest absolute Gasteiger partial charge is 0.312 e. The second-order valence-electron chi connectivity index (χ2n) is 9.40. The lowest BCUT2D eigenvalue weighted by atomic mass is 9.84. The molecule has 0 unspecified atom stereocenters. The molecule has 40 heavy (non-hydrogen) atoms. The highest BCUT2D eigenvalue weighted by Crippen LogP contribution is 2.49. The number of esters is 1. The predicted molar refractivity (Wildman–Crippen MR) is 145 cm³/mol. The molecular formula is C32H26O8.